The van der Waals surface area contributed by atoms with Gasteiger partial charge in [-0.15, -0.1) is 0 Å². The van der Waals surface area contributed by atoms with Gasteiger partial charge in [0.25, 0.3) is 0 Å². The Morgan fingerprint density at radius 1 is 1.19 bits per heavy atom. The molecule has 1 atom stereocenters. The fourth-order valence-electron chi connectivity index (χ4n) is 3.20. The summed E-state index contributed by atoms with van der Waals surface area (Å²) in [7, 11) is 1.64. The first kappa shape index (κ1) is 19.2. The van der Waals surface area contributed by atoms with Crippen molar-refractivity contribution in [1.29, 1.82) is 0 Å². The number of rotatable bonds is 5. The number of benzene rings is 2. The van der Waals surface area contributed by atoms with E-state index >= 15 is 0 Å². The molecule has 0 aromatic heterocycles. The molecule has 0 fully saturated rings. The third-order valence-electron chi connectivity index (χ3n) is 4.36. The Balaban J connectivity index is 2.13. The molecule has 0 bridgehead atoms. The van der Waals surface area contributed by atoms with E-state index in [-0.39, 0.29) is 12.0 Å². The second-order valence-electron chi connectivity index (χ2n) is 6.23. The van der Waals surface area contributed by atoms with Crippen molar-refractivity contribution >= 4 is 27.6 Å². The van der Waals surface area contributed by atoms with Crippen LogP contribution in [-0.4, -0.2) is 19.7 Å². The highest BCUT2D eigenvalue weighted by Crippen LogP contribution is 2.41. The van der Waals surface area contributed by atoms with Gasteiger partial charge in [-0.05, 0) is 65.2 Å². The van der Waals surface area contributed by atoms with Crippen LogP contribution in [0.4, 0.5) is 5.69 Å². The third-order valence-corrected chi connectivity index (χ3v) is 4.99. The van der Waals surface area contributed by atoms with Gasteiger partial charge in [-0.3, -0.25) is 0 Å². The van der Waals surface area contributed by atoms with Crippen LogP contribution in [0.25, 0.3) is 0 Å². The summed E-state index contributed by atoms with van der Waals surface area (Å²) in [6, 6.07) is 15.5. The lowest BCUT2D eigenvalue weighted by Crippen LogP contribution is -2.31. The van der Waals surface area contributed by atoms with Gasteiger partial charge in [0.05, 0.1) is 31.0 Å². The standard InChI is InChI=1S/C22H22BrNO3/c1-4-27-22(25)18-12-15(2)14-24(21(18)16-8-6-5-7-9-16)20-11-10-17(26-3)13-19(20)23/h5-14,21H,4H2,1-3H3. The van der Waals surface area contributed by atoms with Gasteiger partial charge < -0.3 is 14.4 Å². The van der Waals surface area contributed by atoms with E-state index in [2.05, 4.69) is 20.8 Å². The molecule has 0 aliphatic carbocycles. The minimum Gasteiger partial charge on any atom is -0.497 e. The van der Waals surface area contributed by atoms with Gasteiger partial charge in [-0.25, -0.2) is 4.79 Å². The van der Waals surface area contributed by atoms with Gasteiger partial charge in [0, 0.05) is 10.7 Å². The predicted octanol–water partition coefficient (Wildman–Crippen LogP) is 5.41. The maximum absolute atomic E-state index is 12.7. The predicted molar refractivity (Wildman–Crippen MR) is 111 cm³/mol. The lowest BCUT2D eigenvalue weighted by Gasteiger charge is -2.36. The molecule has 1 aliphatic rings. The highest BCUT2D eigenvalue weighted by atomic mass is 79.9. The molecule has 27 heavy (non-hydrogen) atoms. The highest BCUT2D eigenvalue weighted by Gasteiger charge is 2.32. The van der Waals surface area contributed by atoms with Crippen molar-refractivity contribution in [2.75, 3.05) is 18.6 Å². The first-order valence-corrected chi connectivity index (χ1v) is 9.58. The van der Waals surface area contributed by atoms with Crippen LogP contribution in [0.5, 0.6) is 5.75 Å². The maximum atomic E-state index is 12.7. The summed E-state index contributed by atoms with van der Waals surface area (Å²) in [5, 5.41) is 0. The number of hydrogen-bond acceptors (Lipinski definition) is 4. The SMILES string of the molecule is CCOC(=O)C1=CC(C)=CN(c2ccc(OC)cc2Br)C1c1ccccc1. The molecule has 1 heterocycles. The van der Waals surface area contributed by atoms with Gasteiger partial charge >= 0.3 is 5.97 Å². The van der Waals surface area contributed by atoms with Crippen LogP contribution in [0.15, 0.2) is 76.4 Å². The number of nitrogens with zero attached hydrogens (tertiary/aromatic N) is 1. The molecule has 2 aromatic rings. The summed E-state index contributed by atoms with van der Waals surface area (Å²) in [4.78, 5) is 14.8. The largest absolute Gasteiger partial charge is 0.497 e. The average molecular weight is 428 g/mol. The quantitative estimate of drug-likeness (QED) is 0.597. The number of halogens is 1. The van der Waals surface area contributed by atoms with E-state index < -0.39 is 0 Å². The fraction of sp³-hybridized carbons (Fsp3) is 0.227. The van der Waals surface area contributed by atoms with Crippen molar-refractivity contribution in [3.05, 3.63) is 82.0 Å². The average Bonchev–Trinajstić information content (AvgIpc) is 2.68. The molecule has 0 saturated carbocycles. The Labute approximate surface area is 168 Å². The summed E-state index contributed by atoms with van der Waals surface area (Å²) in [5.41, 5.74) is 3.56. The van der Waals surface area contributed by atoms with Crippen molar-refractivity contribution < 1.29 is 14.3 Å². The molecule has 2 aromatic carbocycles. The fourth-order valence-corrected chi connectivity index (χ4v) is 3.76. The molecule has 0 spiro atoms. The molecule has 1 aliphatic heterocycles. The van der Waals surface area contributed by atoms with E-state index in [0.717, 1.165) is 27.0 Å². The molecular formula is C22H22BrNO3. The lowest BCUT2D eigenvalue weighted by atomic mass is 9.92. The van der Waals surface area contributed by atoms with Crippen molar-refractivity contribution in [3.63, 3.8) is 0 Å². The van der Waals surface area contributed by atoms with Gasteiger partial charge in [0.1, 0.15) is 5.75 Å². The maximum Gasteiger partial charge on any atom is 0.336 e. The van der Waals surface area contributed by atoms with Crippen LogP contribution in [-0.2, 0) is 9.53 Å². The van der Waals surface area contributed by atoms with Crippen LogP contribution in [0.3, 0.4) is 0 Å². The number of hydrogen-bond donors (Lipinski definition) is 0. The molecule has 0 radical (unpaired) electrons. The number of allylic oxidation sites excluding steroid dienone is 2. The van der Waals surface area contributed by atoms with Gasteiger partial charge in [0.15, 0.2) is 0 Å². The topological polar surface area (TPSA) is 38.8 Å². The Kier molecular flexibility index (Phi) is 6.01. The van der Waals surface area contributed by atoms with Gasteiger partial charge in [-0.2, -0.15) is 0 Å². The van der Waals surface area contributed by atoms with Crippen LogP contribution in [0.1, 0.15) is 25.5 Å². The number of methoxy groups -OCH3 is 1. The normalized spacial score (nSPS) is 16.4. The van der Waals surface area contributed by atoms with E-state index in [0.29, 0.717) is 12.2 Å². The number of esters is 1. The van der Waals surface area contributed by atoms with Crippen LogP contribution < -0.4 is 9.64 Å². The number of carbonyl (C=O) groups is 1. The van der Waals surface area contributed by atoms with Crippen molar-refractivity contribution in [2.45, 2.75) is 19.9 Å². The molecule has 140 valence electrons. The number of carbonyl (C=O) groups excluding carboxylic acids is 1. The second-order valence-corrected chi connectivity index (χ2v) is 7.09. The Hall–Kier alpha value is -2.53. The molecule has 4 nitrogen and oxygen atoms in total. The highest BCUT2D eigenvalue weighted by molar-refractivity contribution is 9.10. The Morgan fingerprint density at radius 3 is 2.56 bits per heavy atom. The summed E-state index contributed by atoms with van der Waals surface area (Å²) in [6.07, 6.45) is 3.95. The zero-order valence-corrected chi connectivity index (χ0v) is 17.2. The summed E-state index contributed by atoms with van der Waals surface area (Å²) in [5.74, 6) is 0.467. The van der Waals surface area contributed by atoms with Crippen molar-refractivity contribution in [3.8, 4) is 5.75 Å². The first-order chi connectivity index (χ1) is 13.0. The van der Waals surface area contributed by atoms with Crippen LogP contribution in [0, 0.1) is 0 Å². The van der Waals surface area contributed by atoms with Gasteiger partial charge in [0.2, 0.25) is 0 Å². The zero-order chi connectivity index (χ0) is 19.4. The molecule has 0 saturated heterocycles. The van der Waals surface area contributed by atoms with Crippen molar-refractivity contribution in [2.24, 2.45) is 0 Å². The second kappa shape index (κ2) is 8.44. The Bertz CT molecular complexity index is 890. The zero-order valence-electron chi connectivity index (χ0n) is 15.6. The Morgan fingerprint density at radius 2 is 1.93 bits per heavy atom. The third kappa shape index (κ3) is 4.08. The molecule has 5 heteroatoms. The monoisotopic (exact) mass is 427 g/mol. The minimum atomic E-state index is -0.298. The van der Waals surface area contributed by atoms with Crippen LogP contribution in [0.2, 0.25) is 0 Å². The summed E-state index contributed by atoms with van der Waals surface area (Å²) in [6.45, 7) is 4.14. The summed E-state index contributed by atoms with van der Waals surface area (Å²) < 4.78 is 11.5. The molecule has 1 unspecified atom stereocenters. The molecule has 3 rings (SSSR count). The van der Waals surface area contributed by atoms with Gasteiger partial charge in [-0.1, -0.05) is 30.3 Å². The number of anilines is 1. The summed E-state index contributed by atoms with van der Waals surface area (Å²) >= 11 is 3.64. The molecule has 0 amide bonds. The van der Waals surface area contributed by atoms with E-state index in [1.807, 2.05) is 74.7 Å². The van der Waals surface area contributed by atoms with Crippen molar-refractivity contribution in [1.82, 2.24) is 0 Å². The van der Waals surface area contributed by atoms with E-state index in [1.165, 1.54) is 0 Å². The van der Waals surface area contributed by atoms with E-state index in [4.69, 9.17) is 9.47 Å². The number of ether oxygens (including phenoxy) is 2. The smallest absolute Gasteiger partial charge is 0.336 e. The van der Waals surface area contributed by atoms with Crippen LogP contribution >= 0.6 is 15.9 Å². The first-order valence-electron chi connectivity index (χ1n) is 8.79. The van der Waals surface area contributed by atoms with E-state index in [9.17, 15) is 4.79 Å². The lowest BCUT2D eigenvalue weighted by molar-refractivity contribution is -0.138. The van der Waals surface area contributed by atoms with E-state index in [1.54, 1.807) is 7.11 Å². The minimum absolute atomic E-state index is 0.279. The molecule has 0 N–H and O–H groups in total. The molecular weight excluding hydrogens is 406 g/mol.